The van der Waals surface area contributed by atoms with E-state index in [0.717, 1.165) is 12.2 Å². The Morgan fingerprint density at radius 3 is 2.47 bits per heavy atom. The molecule has 1 rings (SSSR count). The molecule has 0 aliphatic rings. The molecule has 0 bridgehead atoms. The molecular formula is C13H19ClO. The van der Waals surface area contributed by atoms with Crippen molar-refractivity contribution < 1.29 is 4.74 Å². The lowest BCUT2D eigenvalue weighted by Crippen LogP contribution is -2.02. The topological polar surface area (TPSA) is 9.23 Å². The summed E-state index contributed by atoms with van der Waals surface area (Å²) in [5.74, 6) is 1.42. The van der Waals surface area contributed by atoms with Crippen LogP contribution in [0.15, 0.2) is 18.2 Å². The summed E-state index contributed by atoms with van der Waals surface area (Å²) < 4.78 is 5.18. The average Bonchev–Trinajstić information content (AvgIpc) is 2.16. The van der Waals surface area contributed by atoms with Crippen molar-refractivity contribution in [1.29, 1.82) is 0 Å². The van der Waals surface area contributed by atoms with Crippen LogP contribution >= 0.6 is 11.6 Å². The Bertz CT molecular complexity index is 320. The van der Waals surface area contributed by atoms with Gasteiger partial charge in [-0.15, -0.1) is 11.6 Å². The van der Waals surface area contributed by atoms with Gasteiger partial charge in [0.05, 0.1) is 7.11 Å². The molecule has 1 nitrogen and oxygen atoms in total. The van der Waals surface area contributed by atoms with Crippen LogP contribution in [0.2, 0.25) is 0 Å². The van der Waals surface area contributed by atoms with E-state index in [1.165, 1.54) is 11.1 Å². The number of rotatable bonds is 4. The zero-order valence-corrected chi connectivity index (χ0v) is 10.6. The zero-order valence-electron chi connectivity index (χ0n) is 9.88. The molecule has 0 saturated heterocycles. The van der Waals surface area contributed by atoms with E-state index in [1.807, 2.05) is 13.0 Å². The van der Waals surface area contributed by atoms with Gasteiger partial charge < -0.3 is 4.74 Å². The van der Waals surface area contributed by atoms with Crippen LogP contribution in [0.25, 0.3) is 0 Å². The van der Waals surface area contributed by atoms with Gasteiger partial charge in [0.25, 0.3) is 0 Å². The van der Waals surface area contributed by atoms with Crippen molar-refractivity contribution in [2.24, 2.45) is 0 Å². The maximum atomic E-state index is 6.01. The first-order valence-corrected chi connectivity index (χ1v) is 5.76. The summed E-state index contributed by atoms with van der Waals surface area (Å²) >= 11 is 6.01. The van der Waals surface area contributed by atoms with Gasteiger partial charge in [0.1, 0.15) is 5.75 Å². The van der Waals surface area contributed by atoms with E-state index in [0.29, 0.717) is 5.92 Å². The number of hydrogen-bond acceptors (Lipinski definition) is 1. The molecule has 0 aromatic heterocycles. The third kappa shape index (κ3) is 3.42. The summed E-state index contributed by atoms with van der Waals surface area (Å²) in [5.41, 5.74) is 2.64. The van der Waals surface area contributed by atoms with Gasteiger partial charge in [0.2, 0.25) is 0 Å². The molecule has 0 fully saturated rings. The van der Waals surface area contributed by atoms with E-state index in [4.69, 9.17) is 16.3 Å². The van der Waals surface area contributed by atoms with Crippen molar-refractivity contribution >= 4 is 11.6 Å². The zero-order chi connectivity index (χ0) is 11.4. The Morgan fingerprint density at radius 2 is 2.00 bits per heavy atom. The second-order valence-electron chi connectivity index (χ2n) is 4.14. The summed E-state index contributed by atoms with van der Waals surface area (Å²) in [6.45, 7) is 6.37. The van der Waals surface area contributed by atoms with Gasteiger partial charge in [-0.05, 0) is 49.4 Å². The van der Waals surface area contributed by atoms with Crippen molar-refractivity contribution in [3.8, 4) is 5.75 Å². The van der Waals surface area contributed by atoms with Gasteiger partial charge in [-0.2, -0.15) is 0 Å². The number of halogens is 1. The lowest BCUT2D eigenvalue weighted by atomic mass is 9.92. The summed E-state index contributed by atoms with van der Waals surface area (Å²) in [4.78, 5) is 0. The number of ether oxygens (including phenoxy) is 1. The lowest BCUT2D eigenvalue weighted by molar-refractivity contribution is 0.414. The van der Waals surface area contributed by atoms with Gasteiger partial charge in [-0.1, -0.05) is 13.0 Å². The Labute approximate surface area is 97.4 Å². The van der Waals surface area contributed by atoms with Crippen molar-refractivity contribution in [1.82, 2.24) is 0 Å². The highest BCUT2D eigenvalue weighted by atomic mass is 35.5. The van der Waals surface area contributed by atoms with Crippen LogP contribution < -0.4 is 4.74 Å². The number of methoxy groups -OCH3 is 1. The van der Waals surface area contributed by atoms with Crippen LogP contribution in [0.1, 0.15) is 37.3 Å². The summed E-state index contributed by atoms with van der Waals surface area (Å²) in [7, 11) is 1.69. The minimum atomic E-state index is 0.224. The predicted octanol–water partition coefficient (Wildman–Crippen LogP) is 4.12. The SMILES string of the molecule is COc1ccc(C(C)CC(C)Cl)c(C)c1. The lowest BCUT2D eigenvalue weighted by Gasteiger charge is -2.16. The molecule has 0 aliphatic heterocycles. The minimum Gasteiger partial charge on any atom is -0.497 e. The molecule has 15 heavy (non-hydrogen) atoms. The Balaban J connectivity index is 2.85. The molecule has 84 valence electrons. The Morgan fingerprint density at radius 1 is 1.33 bits per heavy atom. The highest BCUT2D eigenvalue weighted by Gasteiger charge is 2.11. The van der Waals surface area contributed by atoms with Gasteiger partial charge in [-0.3, -0.25) is 0 Å². The molecule has 0 N–H and O–H groups in total. The fourth-order valence-electron chi connectivity index (χ4n) is 1.94. The van der Waals surface area contributed by atoms with Gasteiger partial charge in [0, 0.05) is 5.38 Å². The molecule has 2 unspecified atom stereocenters. The Hall–Kier alpha value is -0.690. The minimum absolute atomic E-state index is 0.224. The van der Waals surface area contributed by atoms with Gasteiger partial charge in [0.15, 0.2) is 0 Å². The molecule has 0 spiro atoms. The van der Waals surface area contributed by atoms with Crippen LogP contribution in [0.4, 0.5) is 0 Å². The van der Waals surface area contributed by atoms with Gasteiger partial charge >= 0.3 is 0 Å². The average molecular weight is 227 g/mol. The number of alkyl halides is 1. The molecule has 1 aromatic carbocycles. The fourth-order valence-corrected chi connectivity index (χ4v) is 2.21. The molecule has 0 amide bonds. The molecule has 0 aliphatic carbocycles. The van der Waals surface area contributed by atoms with Crippen LogP contribution in [0, 0.1) is 6.92 Å². The first-order valence-electron chi connectivity index (χ1n) is 5.33. The standard InChI is InChI=1S/C13H19ClO/c1-9(7-11(3)14)13-6-5-12(15-4)8-10(13)2/h5-6,8-9,11H,7H2,1-4H3. The molecule has 2 heteroatoms. The third-order valence-electron chi connectivity index (χ3n) is 2.69. The first kappa shape index (κ1) is 12.4. The Kier molecular flexibility index (Phi) is 4.46. The molecule has 2 atom stereocenters. The number of hydrogen-bond donors (Lipinski definition) is 0. The maximum Gasteiger partial charge on any atom is 0.119 e. The summed E-state index contributed by atoms with van der Waals surface area (Å²) in [6.07, 6.45) is 1.01. The normalized spacial score (nSPS) is 14.7. The van der Waals surface area contributed by atoms with E-state index in [9.17, 15) is 0 Å². The summed E-state index contributed by atoms with van der Waals surface area (Å²) in [6, 6.07) is 6.22. The molecule has 0 saturated carbocycles. The van der Waals surface area contributed by atoms with E-state index in [2.05, 4.69) is 26.0 Å². The van der Waals surface area contributed by atoms with Crippen molar-refractivity contribution in [3.05, 3.63) is 29.3 Å². The molecule has 1 aromatic rings. The van der Waals surface area contributed by atoms with Crippen LogP contribution in [0.5, 0.6) is 5.75 Å². The van der Waals surface area contributed by atoms with Crippen molar-refractivity contribution in [2.45, 2.75) is 38.5 Å². The van der Waals surface area contributed by atoms with Crippen LogP contribution in [-0.2, 0) is 0 Å². The fraction of sp³-hybridized carbons (Fsp3) is 0.538. The third-order valence-corrected chi connectivity index (χ3v) is 2.86. The van der Waals surface area contributed by atoms with Crippen LogP contribution in [0.3, 0.4) is 0 Å². The van der Waals surface area contributed by atoms with Crippen molar-refractivity contribution in [3.63, 3.8) is 0 Å². The summed E-state index contributed by atoms with van der Waals surface area (Å²) in [5, 5.41) is 0.224. The smallest absolute Gasteiger partial charge is 0.119 e. The van der Waals surface area contributed by atoms with Gasteiger partial charge in [-0.25, -0.2) is 0 Å². The van der Waals surface area contributed by atoms with E-state index >= 15 is 0 Å². The molecular weight excluding hydrogens is 208 g/mol. The van der Waals surface area contributed by atoms with E-state index < -0.39 is 0 Å². The molecule has 0 heterocycles. The largest absolute Gasteiger partial charge is 0.497 e. The molecule has 0 radical (unpaired) electrons. The predicted molar refractivity (Wildman–Crippen MR) is 66.1 cm³/mol. The highest BCUT2D eigenvalue weighted by Crippen LogP contribution is 2.27. The second kappa shape index (κ2) is 5.41. The van der Waals surface area contributed by atoms with Crippen LogP contribution in [-0.4, -0.2) is 12.5 Å². The monoisotopic (exact) mass is 226 g/mol. The first-order chi connectivity index (χ1) is 7.04. The van der Waals surface area contributed by atoms with E-state index in [-0.39, 0.29) is 5.38 Å². The quantitative estimate of drug-likeness (QED) is 0.702. The maximum absolute atomic E-state index is 6.01. The number of benzene rings is 1. The highest BCUT2D eigenvalue weighted by molar-refractivity contribution is 6.20. The second-order valence-corrected chi connectivity index (χ2v) is 4.89. The van der Waals surface area contributed by atoms with Crippen molar-refractivity contribution in [2.75, 3.05) is 7.11 Å². The number of aryl methyl sites for hydroxylation is 1. The van der Waals surface area contributed by atoms with E-state index in [1.54, 1.807) is 7.11 Å².